The fourth-order valence-electron chi connectivity index (χ4n) is 4.61. The molecule has 0 radical (unpaired) electrons. The molecule has 2 N–H and O–H groups in total. The number of aliphatic hydroxyl groups excluding tert-OH is 1. The number of hydrogen-bond donors (Lipinski definition) is 2. The van der Waals surface area contributed by atoms with Crippen molar-refractivity contribution in [3.05, 3.63) is 65.2 Å². The summed E-state index contributed by atoms with van der Waals surface area (Å²) in [5.74, 6) is -0.270. The van der Waals surface area contributed by atoms with Crippen molar-refractivity contribution in [2.45, 2.75) is 44.1 Å². The van der Waals surface area contributed by atoms with E-state index in [0.29, 0.717) is 12.4 Å². The molecule has 27 heavy (non-hydrogen) atoms. The third-order valence-corrected chi connectivity index (χ3v) is 6.11. The minimum atomic E-state index is -0.707. The molecule has 0 bridgehead atoms. The van der Waals surface area contributed by atoms with Crippen LogP contribution in [0.1, 0.15) is 54.4 Å². The zero-order valence-corrected chi connectivity index (χ0v) is 15.4. The van der Waals surface area contributed by atoms with Gasteiger partial charge in [0.15, 0.2) is 0 Å². The van der Waals surface area contributed by atoms with Gasteiger partial charge in [0.05, 0.1) is 18.6 Å². The molecule has 2 aromatic rings. The predicted molar refractivity (Wildman–Crippen MR) is 103 cm³/mol. The first-order valence-electron chi connectivity index (χ1n) is 9.85. The first-order valence-corrected chi connectivity index (χ1v) is 9.85. The Hall–Kier alpha value is -2.33. The van der Waals surface area contributed by atoms with E-state index < -0.39 is 12.1 Å². The van der Waals surface area contributed by atoms with E-state index in [-0.39, 0.29) is 17.8 Å². The SMILES string of the molecule is O=C(O)C1CCCCC1c1ccc2c(c1)OCC(Cc1ccccc1)C2O. The molecule has 142 valence electrons. The standard InChI is InChI=1S/C23H26O4/c24-22-17(12-15-6-2-1-3-7-15)14-27-21-13-16(10-11-20(21)22)18-8-4-5-9-19(18)23(25)26/h1-3,6-7,10-11,13,17-19,22,24H,4-5,8-9,12,14H2,(H,25,26). The van der Waals surface area contributed by atoms with Crippen LogP contribution >= 0.6 is 0 Å². The van der Waals surface area contributed by atoms with Crippen LogP contribution < -0.4 is 4.74 Å². The highest BCUT2D eigenvalue weighted by Gasteiger charge is 2.34. The van der Waals surface area contributed by atoms with Gasteiger partial charge in [-0.2, -0.15) is 0 Å². The van der Waals surface area contributed by atoms with E-state index >= 15 is 0 Å². The Labute approximate surface area is 159 Å². The molecule has 4 rings (SSSR count). The molecule has 0 aromatic heterocycles. The maximum atomic E-state index is 11.6. The summed E-state index contributed by atoms with van der Waals surface area (Å²) in [6.45, 7) is 0.472. The van der Waals surface area contributed by atoms with Gasteiger partial charge >= 0.3 is 5.97 Å². The van der Waals surface area contributed by atoms with Crippen LogP contribution in [-0.4, -0.2) is 22.8 Å². The van der Waals surface area contributed by atoms with Gasteiger partial charge in [-0.15, -0.1) is 0 Å². The Morgan fingerprint density at radius 1 is 1.07 bits per heavy atom. The summed E-state index contributed by atoms with van der Waals surface area (Å²) < 4.78 is 6.00. The highest BCUT2D eigenvalue weighted by Crippen LogP contribution is 2.43. The van der Waals surface area contributed by atoms with Crippen molar-refractivity contribution in [1.82, 2.24) is 0 Å². The summed E-state index contributed by atoms with van der Waals surface area (Å²) in [7, 11) is 0. The zero-order valence-electron chi connectivity index (χ0n) is 15.4. The lowest BCUT2D eigenvalue weighted by Crippen LogP contribution is -2.28. The minimum Gasteiger partial charge on any atom is -0.493 e. The number of carbonyl (C=O) groups is 1. The second-order valence-corrected chi connectivity index (χ2v) is 7.84. The molecule has 1 aliphatic carbocycles. The second-order valence-electron chi connectivity index (χ2n) is 7.84. The number of fused-ring (bicyclic) bond motifs is 1. The monoisotopic (exact) mass is 366 g/mol. The average molecular weight is 366 g/mol. The molecule has 4 nitrogen and oxygen atoms in total. The summed E-state index contributed by atoms with van der Waals surface area (Å²) in [6.07, 6.45) is 3.88. The molecule has 0 saturated heterocycles. The van der Waals surface area contributed by atoms with E-state index in [2.05, 4.69) is 12.1 Å². The average Bonchev–Trinajstić information content (AvgIpc) is 2.70. The lowest BCUT2D eigenvalue weighted by Gasteiger charge is -2.33. The van der Waals surface area contributed by atoms with Crippen molar-refractivity contribution < 1.29 is 19.7 Å². The highest BCUT2D eigenvalue weighted by atomic mass is 16.5. The maximum Gasteiger partial charge on any atom is 0.307 e. The number of rotatable bonds is 4. The molecule has 0 spiro atoms. The lowest BCUT2D eigenvalue weighted by atomic mass is 9.75. The molecule has 4 unspecified atom stereocenters. The Morgan fingerprint density at radius 2 is 1.85 bits per heavy atom. The second kappa shape index (κ2) is 7.73. The fourth-order valence-corrected chi connectivity index (χ4v) is 4.61. The molecule has 4 atom stereocenters. The summed E-state index contributed by atoms with van der Waals surface area (Å²) >= 11 is 0. The number of benzene rings is 2. The van der Waals surface area contributed by atoms with Crippen molar-refractivity contribution >= 4 is 5.97 Å². The van der Waals surface area contributed by atoms with Gasteiger partial charge in [-0.25, -0.2) is 0 Å². The van der Waals surface area contributed by atoms with Gasteiger partial charge < -0.3 is 14.9 Å². The van der Waals surface area contributed by atoms with Crippen molar-refractivity contribution in [1.29, 1.82) is 0 Å². The van der Waals surface area contributed by atoms with Gasteiger partial charge in [-0.05, 0) is 42.4 Å². The summed E-state index contributed by atoms with van der Waals surface area (Å²) in [6, 6.07) is 16.0. The van der Waals surface area contributed by atoms with Crippen LogP contribution in [0.15, 0.2) is 48.5 Å². The number of aliphatic hydroxyl groups is 1. The Kier molecular flexibility index (Phi) is 5.17. The number of carboxylic acids is 1. The highest BCUT2D eigenvalue weighted by molar-refractivity contribution is 5.71. The van der Waals surface area contributed by atoms with Crippen molar-refractivity contribution in [3.8, 4) is 5.75 Å². The Bertz CT molecular complexity index is 801. The first-order chi connectivity index (χ1) is 13.1. The molecular formula is C23H26O4. The number of ether oxygens (including phenoxy) is 1. The third-order valence-electron chi connectivity index (χ3n) is 6.11. The van der Waals surface area contributed by atoms with Gasteiger partial charge in [0.25, 0.3) is 0 Å². The number of hydrogen-bond acceptors (Lipinski definition) is 3. The van der Waals surface area contributed by atoms with Crippen LogP contribution in [0.2, 0.25) is 0 Å². The van der Waals surface area contributed by atoms with Gasteiger partial charge in [-0.3, -0.25) is 4.79 Å². The molecule has 2 aliphatic rings. The third kappa shape index (κ3) is 3.72. The van der Waals surface area contributed by atoms with Gasteiger partial charge in [0, 0.05) is 11.5 Å². The topological polar surface area (TPSA) is 66.8 Å². The number of carboxylic acid groups (broad SMARTS) is 1. The summed E-state index contributed by atoms with van der Waals surface area (Å²) in [5, 5.41) is 20.4. The first kappa shape index (κ1) is 18.1. The van der Waals surface area contributed by atoms with Crippen molar-refractivity contribution in [3.63, 3.8) is 0 Å². The van der Waals surface area contributed by atoms with Crippen molar-refractivity contribution in [2.75, 3.05) is 6.61 Å². The lowest BCUT2D eigenvalue weighted by molar-refractivity contribution is -0.143. The van der Waals surface area contributed by atoms with Crippen LogP contribution in [0.25, 0.3) is 0 Å². The number of aliphatic carboxylic acids is 1. The molecule has 2 aromatic carbocycles. The minimum absolute atomic E-state index is 0.0206. The van der Waals surface area contributed by atoms with Crippen LogP contribution in [0, 0.1) is 11.8 Å². The fraction of sp³-hybridized carbons (Fsp3) is 0.435. The molecular weight excluding hydrogens is 340 g/mol. The van der Waals surface area contributed by atoms with E-state index in [1.165, 1.54) is 5.56 Å². The van der Waals surface area contributed by atoms with Crippen LogP contribution in [0.3, 0.4) is 0 Å². The zero-order chi connectivity index (χ0) is 18.8. The van der Waals surface area contributed by atoms with Crippen LogP contribution in [0.5, 0.6) is 5.75 Å². The molecule has 1 fully saturated rings. The van der Waals surface area contributed by atoms with E-state index in [4.69, 9.17) is 4.74 Å². The summed E-state index contributed by atoms with van der Waals surface area (Å²) in [5.41, 5.74) is 3.03. The molecule has 1 saturated carbocycles. The Balaban J connectivity index is 1.54. The van der Waals surface area contributed by atoms with E-state index in [1.54, 1.807) is 0 Å². The van der Waals surface area contributed by atoms with Gasteiger partial charge in [0.1, 0.15) is 5.75 Å². The summed E-state index contributed by atoms with van der Waals surface area (Å²) in [4.78, 5) is 11.6. The maximum absolute atomic E-state index is 11.6. The smallest absolute Gasteiger partial charge is 0.307 e. The van der Waals surface area contributed by atoms with Crippen LogP contribution in [-0.2, 0) is 11.2 Å². The largest absolute Gasteiger partial charge is 0.493 e. The molecule has 4 heteroatoms. The van der Waals surface area contributed by atoms with E-state index in [9.17, 15) is 15.0 Å². The van der Waals surface area contributed by atoms with Gasteiger partial charge in [0.2, 0.25) is 0 Å². The molecule has 0 amide bonds. The van der Waals surface area contributed by atoms with E-state index in [1.807, 2.05) is 36.4 Å². The van der Waals surface area contributed by atoms with E-state index in [0.717, 1.165) is 43.2 Å². The van der Waals surface area contributed by atoms with Crippen LogP contribution in [0.4, 0.5) is 0 Å². The molecule has 1 aliphatic heterocycles. The van der Waals surface area contributed by atoms with Gasteiger partial charge in [-0.1, -0.05) is 55.3 Å². The Morgan fingerprint density at radius 3 is 2.63 bits per heavy atom. The normalized spacial score (nSPS) is 27.4. The van der Waals surface area contributed by atoms with Crippen molar-refractivity contribution in [2.24, 2.45) is 11.8 Å². The predicted octanol–water partition coefficient (Wildman–Crippen LogP) is 4.33. The quantitative estimate of drug-likeness (QED) is 0.845. The molecule has 1 heterocycles.